The number of rotatable bonds is 25. The lowest BCUT2D eigenvalue weighted by Crippen LogP contribution is -2.24. The average molecular weight is 931 g/mol. The summed E-state index contributed by atoms with van der Waals surface area (Å²) in [5, 5.41) is 19.5. The smallest absolute Gasteiger partial charge is 0.349 e. The van der Waals surface area contributed by atoms with Gasteiger partial charge in [0.1, 0.15) is 49.7 Å². The number of benzene rings is 2. The molecular formula is C42H47Br2ClN4O8. The van der Waals surface area contributed by atoms with E-state index in [2.05, 4.69) is 68.7 Å². The van der Waals surface area contributed by atoms with Crippen LogP contribution in [0.15, 0.2) is 75.7 Å². The first kappa shape index (κ1) is 48.3. The third-order valence-corrected chi connectivity index (χ3v) is 10.0. The van der Waals surface area contributed by atoms with Gasteiger partial charge in [-0.15, -0.1) is 0 Å². The van der Waals surface area contributed by atoms with Gasteiger partial charge in [0.25, 0.3) is 0 Å². The molecule has 0 N–H and O–H groups in total. The zero-order chi connectivity index (χ0) is 42.2. The van der Waals surface area contributed by atoms with Crippen LogP contribution in [0, 0.1) is 22.7 Å². The summed E-state index contributed by atoms with van der Waals surface area (Å²) in [5.41, 5.74) is 2.65. The summed E-state index contributed by atoms with van der Waals surface area (Å²) in [4.78, 5) is 51.5. The lowest BCUT2D eigenvalue weighted by atomic mass is 10.1. The zero-order valence-electron chi connectivity index (χ0n) is 32.2. The highest BCUT2D eigenvalue weighted by molar-refractivity contribution is 9.11. The van der Waals surface area contributed by atoms with Crippen molar-refractivity contribution in [3.63, 3.8) is 0 Å². The van der Waals surface area contributed by atoms with Crippen molar-refractivity contribution < 1.29 is 38.1 Å². The van der Waals surface area contributed by atoms with E-state index in [0.717, 1.165) is 88.2 Å². The van der Waals surface area contributed by atoms with E-state index in [4.69, 9.17) is 30.5 Å². The number of ether oxygens (including phenoxy) is 4. The van der Waals surface area contributed by atoms with Crippen LogP contribution in [0.3, 0.4) is 0 Å². The predicted molar refractivity (Wildman–Crippen MR) is 228 cm³/mol. The first-order chi connectivity index (χ1) is 27.4. The van der Waals surface area contributed by atoms with Crippen LogP contribution in [-0.4, -0.2) is 76.5 Å². The molecule has 0 aliphatic carbocycles. The van der Waals surface area contributed by atoms with Crippen LogP contribution in [0.2, 0.25) is 5.02 Å². The van der Waals surface area contributed by atoms with Crippen molar-refractivity contribution in [2.45, 2.75) is 52.4 Å². The molecule has 2 aromatic carbocycles. The SMILES string of the molecule is C=CC(=O)OCCOC(=O)C(C#N)=Cc1ccc(N(CC)CCCCCCCCN(CC)c2cc(Br)c(C=C(C#N)C(=O)OCCOC(=O)C=C)c(Br)c2)cc1Cl. The molecule has 0 amide bonds. The summed E-state index contributed by atoms with van der Waals surface area (Å²) >= 11 is 13.7. The molecule has 2 rings (SSSR count). The fourth-order valence-corrected chi connectivity index (χ4v) is 6.99. The van der Waals surface area contributed by atoms with E-state index < -0.39 is 23.9 Å². The second-order valence-corrected chi connectivity index (χ2v) is 14.3. The van der Waals surface area contributed by atoms with Crippen LogP contribution >= 0.6 is 43.5 Å². The number of hydrogen-bond acceptors (Lipinski definition) is 12. The Hall–Kier alpha value is -4.89. The van der Waals surface area contributed by atoms with Gasteiger partial charge in [-0.05, 0) is 68.7 Å². The van der Waals surface area contributed by atoms with Crippen LogP contribution < -0.4 is 9.80 Å². The van der Waals surface area contributed by atoms with Gasteiger partial charge in [-0.3, -0.25) is 0 Å². The number of halogens is 3. The fourth-order valence-electron chi connectivity index (χ4n) is 5.37. The number of carbonyl (C=O) groups excluding carboxylic acids is 4. The molecule has 0 unspecified atom stereocenters. The minimum Gasteiger partial charge on any atom is -0.459 e. The van der Waals surface area contributed by atoms with Gasteiger partial charge in [0.15, 0.2) is 0 Å². The highest BCUT2D eigenvalue weighted by Crippen LogP contribution is 2.34. The van der Waals surface area contributed by atoms with Crippen molar-refractivity contribution in [2.75, 3.05) is 62.4 Å². The summed E-state index contributed by atoms with van der Waals surface area (Å²) in [5.74, 6) is -2.93. The fraction of sp³-hybridized carbons (Fsp3) is 0.381. The summed E-state index contributed by atoms with van der Waals surface area (Å²) < 4.78 is 21.0. The molecule has 0 saturated heterocycles. The first-order valence-corrected chi connectivity index (χ1v) is 20.3. The molecule has 0 aromatic heterocycles. The Morgan fingerprint density at radius 1 is 0.684 bits per heavy atom. The number of carbonyl (C=O) groups is 4. The van der Waals surface area contributed by atoms with Gasteiger partial charge >= 0.3 is 23.9 Å². The van der Waals surface area contributed by atoms with Gasteiger partial charge in [-0.1, -0.05) is 88.4 Å². The normalized spacial score (nSPS) is 11.1. The molecule has 12 nitrogen and oxygen atoms in total. The number of nitriles is 2. The molecule has 2 aromatic rings. The number of esters is 4. The zero-order valence-corrected chi connectivity index (χ0v) is 36.1. The minimum absolute atomic E-state index is 0.145. The van der Waals surface area contributed by atoms with Crippen LogP contribution in [0.1, 0.15) is 63.5 Å². The standard InChI is InChI=1S/C42H47Br2ClN4O8/c1-5-39(50)54-19-21-56-41(52)31(28-46)23-30-15-16-33(27-38(30)45)48(7-3)17-13-11-9-10-12-14-18-49(8-4)34-25-36(43)35(37(44)26-34)24-32(29-47)42(53)57-22-20-55-40(51)6-2/h5-6,15-16,23-27H,1-2,7-14,17-22H2,3-4H3. The van der Waals surface area contributed by atoms with Crippen LogP contribution in [-0.2, 0) is 38.1 Å². The van der Waals surface area contributed by atoms with E-state index >= 15 is 0 Å². The van der Waals surface area contributed by atoms with Crippen molar-refractivity contribution in [3.8, 4) is 12.1 Å². The highest BCUT2D eigenvalue weighted by atomic mass is 79.9. The van der Waals surface area contributed by atoms with Gasteiger partial charge < -0.3 is 28.7 Å². The Labute approximate surface area is 356 Å². The third-order valence-electron chi connectivity index (χ3n) is 8.37. The van der Waals surface area contributed by atoms with E-state index in [1.54, 1.807) is 6.07 Å². The molecule has 0 aliphatic heterocycles. The number of unbranched alkanes of at least 4 members (excludes halogenated alkanes) is 5. The maximum Gasteiger partial charge on any atom is 0.349 e. The molecule has 0 aliphatic rings. The van der Waals surface area contributed by atoms with Gasteiger partial charge in [0.2, 0.25) is 0 Å². The maximum atomic E-state index is 12.4. The van der Waals surface area contributed by atoms with Crippen molar-refractivity contribution in [3.05, 3.63) is 91.9 Å². The van der Waals surface area contributed by atoms with Crippen molar-refractivity contribution in [1.82, 2.24) is 0 Å². The largest absolute Gasteiger partial charge is 0.459 e. The Balaban J connectivity index is 1.83. The molecule has 0 bridgehead atoms. The van der Waals surface area contributed by atoms with Crippen LogP contribution in [0.5, 0.6) is 0 Å². The van der Waals surface area contributed by atoms with Gasteiger partial charge in [-0.25, -0.2) is 19.2 Å². The summed E-state index contributed by atoms with van der Waals surface area (Å²) in [6.07, 6.45) is 11.3. The lowest BCUT2D eigenvalue weighted by molar-refractivity contribution is -0.146. The Morgan fingerprint density at radius 3 is 1.56 bits per heavy atom. The second-order valence-electron chi connectivity index (χ2n) is 12.2. The topological polar surface area (TPSA) is 159 Å². The van der Waals surface area contributed by atoms with E-state index in [-0.39, 0.29) is 37.6 Å². The molecule has 57 heavy (non-hydrogen) atoms. The molecule has 0 fully saturated rings. The summed E-state index contributed by atoms with van der Waals surface area (Å²) in [6, 6.07) is 13.1. The van der Waals surface area contributed by atoms with Crippen molar-refractivity contribution in [1.29, 1.82) is 10.5 Å². The Bertz CT molecular complexity index is 1860. The Morgan fingerprint density at radius 2 is 1.12 bits per heavy atom. The van der Waals surface area contributed by atoms with E-state index in [0.29, 0.717) is 25.1 Å². The van der Waals surface area contributed by atoms with Gasteiger partial charge in [0, 0.05) is 69.2 Å². The molecule has 15 heteroatoms. The summed E-state index contributed by atoms with van der Waals surface area (Å²) in [6.45, 7) is 13.4. The average Bonchev–Trinajstić information content (AvgIpc) is 3.20. The van der Waals surface area contributed by atoms with Gasteiger partial charge in [0.05, 0.1) is 0 Å². The molecule has 0 atom stereocenters. The highest BCUT2D eigenvalue weighted by Gasteiger charge is 2.17. The minimum atomic E-state index is -0.841. The first-order valence-electron chi connectivity index (χ1n) is 18.4. The van der Waals surface area contributed by atoms with Crippen LogP contribution in [0.4, 0.5) is 11.4 Å². The van der Waals surface area contributed by atoms with Crippen LogP contribution in [0.25, 0.3) is 12.2 Å². The van der Waals surface area contributed by atoms with Gasteiger partial charge in [-0.2, -0.15) is 10.5 Å². The van der Waals surface area contributed by atoms with E-state index in [1.165, 1.54) is 12.2 Å². The third kappa shape index (κ3) is 17.0. The number of hydrogen-bond donors (Lipinski definition) is 0. The second kappa shape index (κ2) is 26.9. The Kier molecular flexibility index (Phi) is 22.7. The summed E-state index contributed by atoms with van der Waals surface area (Å²) in [7, 11) is 0. The lowest BCUT2D eigenvalue weighted by Gasteiger charge is -2.24. The molecule has 0 heterocycles. The maximum absolute atomic E-state index is 12.4. The monoisotopic (exact) mass is 928 g/mol. The van der Waals surface area contributed by atoms with E-state index in [1.807, 2.05) is 36.4 Å². The quantitative estimate of drug-likeness (QED) is 0.0307. The van der Waals surface area contributed by atoms with E-state index in [9.17, 15) is 29.7 Å². The number of anilines is 2. The molecular weight excluding hydrogens is 884 g/mol. The number of nitrogens with zero attached hydrogens (tertiary/aromatic N) is 4. The molecule has 304 valence electrons. The van der Waals surface area contributed by atoms with Crippen molar-refractivity contribution in [2.24, 2.45) is 0 Å². The molecule has 0 radical (unpaired) electrons. The van der Waals surface area contributed by atoms with Crippen molar-refractivity contribution >= 4 is 90.9 Å². The molecule has 0 saturated carbocycles. The predicted octanol–water partition coefficient (Wildman–Crippen LogP) is 8.92. The molecule has 0 spiro atoms.